The first-order valence-corrected chi connectivity index (χ1v) is 14.5. The third kappa shape index (κ3) is 6.85. The second-order valence-corrected chi connectivity index (χ2v) is 10.3. The maximum atomic E-state index is 13.5. The van der Waals surface area contributed by atoms with E-state index in [1.807, 2.05) is 0 Å². The summed E-state index contributed by atoms with van der Waals surface area (Å²) in [5, 5.41) is 17.6. The molecular weight excluding hydrogens is 634 g/mol. The molecule has 0 atom stereocenters. The number of imide groups is 2. The van der Waals surface area contributed by atoms with Gasteiger partial charge in [0, 0.05) is 37.6 Å². The van der Waals surface area contributed by atoms with E-state index in [2.05, 4.69) is 25.9 Å². The van der Waals surface area contributed by atoms with Crippen molar-refractivity contribution >= 4 is 47.0 Å². The molecule has 5 rings (SSSR count). The SMILES string of the molecule is CNC(=O)c1cccc(N2C(=O)NC(=O)\C(=C/C=C(/C=C/c3c(O)[nH]c(=O)n(-c4cccc(C(=O)NC)c4)c3=O)c3ccncc3)C2=O)c1. The van der Waals surface area contributed by atoms with Crippen molar-refractivity contribution in [1.29, 1.82) is 0 Å². The number of aromatic amines is 1. The highest BCUT2D eigenvalue weighted by Crippen LogP contribution is 2.24. The highest BCUT2D eigenvalue weighted by Gasteiger charge is 2.36. The van der Waals surface area contributed by atoms with Crippen LogP contribution in [0.15, 0.2) is 106 Å². The van der Waals surface area contributed by atoms with Gasteiger partial charge in [-0.2, -0.15) is 0 Å². The fraction of sp³-hybridized carbons (Fsp3) is 0.0588. The number of aromatic hydroxyl groups is 1. The number of H-pyrrole nitrogens is 1. The number of urea groups is 1. The monoisotopic (exact) mass is 661 g/mol. The standard InChI is InChI=1S/C34H27N7O8/c1-35-27(42)21-5-3-7-23(17-21)40-31(46)25(29(44)38-33(40)48)11-9-19(20-13-15-37-16-14-20)10-12-26-30(45)39-34(49)41(32(26)47)24-8-4-6-22(18-24)28(43)36-2/h3-18,44H,1-2H3,(H,35,42)(H,36,43)(H,38,48)(H,39,45,49)/b11-9+,19-10-,26-12+. The minimum absolute atomic E-state index is 0.0471. The van der Waals surface area contributed by atoms with Crippen LogP contribution < -0.4 is 32.1 Å². The number of nitrogens with zero attached hydrogens (tertiary/aromatic N) is 3. The largest absolute Gasteiger partial charge is 0.494 e. The molecule has 5 N–H and O–H groups in total. The van der Waals surface area contributed by atoms with Gasteiger partial charge in [-0.3, -0.25) is 39.3 Å². The minimum atomic E-state index is -1.01. The predicted molar refractivity (Wildman–Crippen MR) is 178 cm³/mol. The Hall–Kier alpha value is -7.16. The van der Waals surface area contributed by atoms with E-state index in [0.29, 0.717) is 11.1 Å². The zero-order chi connectivity index (χ0) is 35.2. The smallest absolute Gasteiger partial charge is 0.335 e. The number of aromatic nitrogens is 3. The lowest BCUT2D eigenvalue weighted by Gasteiger charge is -2.26. The molecule has 15 heteroatoms. The van der Waals surface area contributed by atoms with Crippen LogP contribution in [0.1, 0.15) is 31.8 Å². The maximum absolute atomic E-state index is 13.5. The van der Waals surface area contributed by atoms with E-state index in [0.717, 1.165) is 9.47 Å². The van der Waals surface area contributed by atoms with Crippen molar-refractivity contribution < 1.29 is 29.1 Å². The lowest BCUT2D eigenvalue weighted by atomic mass is 10.0. The van der Waals surface area contributed by atoms with Crippen LogP contribution in [0.5, 0.6) is 5.88 Å². The number of anilines is 1. The van der Waals surface area contributed by atoms with Crippen LogP contribution in [-0.2, 0) is 9.59 Å². The molecule has 246 valence electrons. The van der Waals surface area contributed by atoms with Gasteiger partial charge in [0.05, 0.1) is 11.4 Å². The van der Waals surface area contributed by atoms with Gasteiger partial charge >= 0.3 is 11.7 Å². The molecule has 0 radical (unpaired) electrons. The van der Waals surface area contributed by atoms with Gasteiger partial charge in [-0.25, -0.2) is 19.1 Å². The molecule has 15 nitrogen and oxygen atoms in total. The molecule has 6 amide bonds. The zero-order valence-corrected chi connectivity index (χ0v) is 25.9. The lowest BCUT2D eigenvalue weighted by Crippen LogP contribution is -2.54. The first-order valence-electron chi connectivity index (χ1n) is 14.5. The number of pyridine rings is 1. The molecule has 0 unspecified atom stereocenters. The van der Waals surface area contributed by atoms with E-state index in [1.54, 1.807) is 12.1 Å². The molecule has 2 aromatic heterocycles. The Labute approximate surface area is 276 Å². The highest BCUT2D eigenvalue weighted by atomic mass is 16.3. The quantitative estimate of drug-likeness (QED) is 0.105. The third-order valence-corrected chi connectivity index (χ3v) is 7.28. The zero-order valence-electron chi connectivity index (χ0n) is 25.9. The molecule has 2 aromatic carbocycles. The summed E-state index contributed by atoms with van der Waals surface area (Å²) >= 11 is 0. The van der Waals surface area contributed by atoms with Crippen molar-refractivity contribution in [3.05, 3.63) is 140 Å². The topological polar surface area (TPSA) is 213 Å². The van der Waals surface area contributed by atoms with Crippen molar-refractivity contribution in [2.75, 3.05) is 19.0 Å². The fourth-order valence-electron chi connectivity index (χ4n) is 4.83. The molecular formula is C34H27N7O8. The van der Waals surface area contributed by atoms with E-state index in [-0.39, 0.29) is 28.1 Å². The normalized spacial score (nSPS) is 14.2. The Kier molecular flexibility index (Phi) is 9.55. The lowest BCUT2D eigenvalue weighted by molar-refractivity contribution is -0.122. The van der Waals surface area contributed by atoms with Crippen molar-refractivity contribution in [2.24, 2.45) is 0 Å². The molecule has 1 fully saturated rings. The van der Waals surface area contributed by atoms with Crippen LogP contribution >= 0.6 is 0 Å². The van der Waals surface area contributed by atoms with Crippen molar-refractivity contribution in [3.63, 3.8) is 0 Å². The fourth-order valence-corrected chi connectivity index (χ4v) is 4.83. The van der Waals surface area contributed by atoms with Crippen molar-refractivity contribution in [2.45, 2.75) is 0 Å². The number of benzene rings is 2. The molecule has 0 saturated carbocycles. The number of hydrogen-bond donors (Lipinski definition) is 5. The average Bonchev–Trinajstić information content (AvgIpc) is 3.10. The van der Waals surface area contributed by atoms with E-state index in [4.69, 9.17) is 0 Å². The minimum Gasteiger partial charge on any atom is -0.494 e. The Morgan fingerprint density at radius 2 is 1.45 bits per heavy atom. The van der Waals surface area contributed by atoms with Gasteiger partial charge in [-0.1, -0.05) is 24.3 Å². The summed E-state index contributed by atoms with van der Waals surface area (Å²) in [7, 11) is 2.86. The third-order valence-electron chi connectivity index (χ3n) is 7.28. The summed E-state index contributed by atoms with van der Waals surface area (Å²) in [5.41, 5.74) is -1.29. The second kappa shape index (κ2) is 14.1. The first kappa shape index (κ1) is 33.2. The second-order valence-electron chi connectivity index (χ2n) is 10.3. The van der Waals surface area contributed by atoms with Gasteiger partial charge in [0.25, 0.3) is 29.2 Å². The predicted octanol–water partition coefficient (Wildman–Crippen LogP) is 1.65. The van der Waals surface area contributed by atoms with Gasteiger partial charge in [-0.05, 0) is 71.8 Å². The van der Waals surface area contributed by atoms with E-state index >= 15 is 0 Å². The number of barbiturate groups is 1. The Balaban J connectivity index is 1.57. The first-order chi connectivity index (χ1) is 23.5. The Morgan fingerprint density at radius 1 is 0.837 bits per heavy atom. The van der Waals surface area contributed by atoms with Crippen LogP contribution in [0.2, 0.25) is 0 Å². The molecule has 0 aliphatic carbocycles. The van der Waals surface area contributed by atoms with Crippen molar-refractivity contribution in [1.82, 2.24) is 30.5 Å². The number of amides is 6. The summed E-state index contributed by atoms with van der Waals surface area (Å²) in [6, 6.07) is 13.7. The van der Waals surface area contributed by atoms with Gasteiger partial charge in [-0.15, -0.1) is 0 Å². The van der Waals surface area contributed by atoms with Gasteiger partial charge in [0.2, 0.25) is 5.88 Å². The number of carbonyl (C=O) groups excluding carboxylic acids is 5. The number of carbonyl (C=O) groups is 5. The van der Waals surface area contributed by atoms with E-state index in [1.165, 1.54) is 99.3 Å². The molecule has 4 aromatic rings. The van der Waals surface area contributed by atoms with Crippen LogP contribution in [0, 0.1) is 0 Å². The Bertz CT molecular complexity index is 2230. The van der Waals surface area contributed by atoms with Crippen LogP contribution in [-0.4, -0.2) is 63.4 Å². The van der Waals surface area contributed by atoms with E-state index < -0.39 is 52.4 Å². The summed E-state index contributed by atoms with van der Waals surface area (Å²) < 4.78 is 0.749. The number of rotatable bonds is 8. The van der Waals surface area contributed by atoms with Gasteiger partial charge in [0.1, 0.15) is 11.1 Å². The molecule has 0 bridgehead atoms. The molecule has 49 heavy (non-hydrogen) atoms. The summed E-state index contributed by atoms with van der Waals surface area (Å²) in [6.07, 6.45) is 8.13. The molecule has 3 heterocycles. The number of allylic oxidation sites excluding steroid dienone is 4. The highest BCUT2D eigenvalue weighted by molar-refractivity contribution is 6.37. The summed E-state index contributed by atoms with van der Waals surface area (Å²) in [5.74, 6) is -3.55. The Morgan fingerprint density at radius 3 is 2.08 bits per heavy atom. The molecule has 1 aliphatic heterocycles. The van der Waals surface area contributed by atoms with Gasteiger partial charge in [0.15, 0.2) is 0 Å². The average molecular weight is 662 g/mol. The maximum Gasteiger partial charge on any atom is 0.335 e. The van der Waals surface area contributed by atoms with Gasteiger partial charge < -0.3 is 15.7 Å². The molecule has 0 spiro atoms. The molecule has 1 aliphatic rings. The number of hydrogen-bond acceptors (Lipinski definition) is 9. The number of nitrogens with one attached hydrogen (secondary N) is 4. The van der Waals surface area contributed by atoms with Crippen molar-refractivity contribution in [3.8, 4) is 11.6 Å². The molecule has 1 saturated heterocycles. The summed E-state index contributed by atoms with van der Waals surface area (Å²) in [6.45, 7) is 0. The summed E-state index contributed by atoms with van der Waals surface area (Å²) in [4.78, 5) is 96.5. The van der Waals surface area contributed by atoms with Crippen LogP contribution in [0.3, 0.4) is 0 Å². The van der Waals surface area contributed by atoms with Crippen LogP contribution in [0.4, 0.5) is 10.5 Å². The van der Waals surface area contributed by atoms with Crippen LogP contribution in [0.25, 0.3) is 17.3 Å². The van der Waals surface area contributed by atoms with E-state index in [9.17, 15) is 38.7 Å².